The van der Waals surface area contributed by atoms with Gasteiger partial charge < -0.3 is 9.47 Å². The van der Waals surface area contributed by atoms with E-state index in [0.717, 1.165) is 16.5 Å². The summed E-state index contributed by atoms with van der Waals surface area (Å²) >= 11 is 0. The summed E-state index contributed by atoms with van der Waals surface area (Å²) in [7, 11) is 1.35. The van der Waals surface area contributed by atoms with E-state index in [1.165, 1.54) is 19.2 Å². The Kier molecular flexibility index (Phi) is 4.54. The topological polar surface area (TPSA) is 51.7 Å². The second-order valence-corrected chi connectivity index (χ2v) is 5.79. The quantitative estimate of drug-likeness (QED) is 0.812. The number of aromatic nitrogens is 1. The highest BCUT2D eigenvalue weighted by atomic mass is 19.1. The first-order valence-corrected chi connectivity index (χ1v) is 7.55. The van der Waals surface area contributed by atoms with Crippen molar-refractivity contribution in [3.63, 3.8) is 0 Å². The zero-order chi connectivity index (χ0) is 16.4. The van der Waals surface area contributed by atoms with E-state index in [-0.39, 0.29) is 17.9 Å². The van der Waals surface area contributed by atoms with E-state index in [1.54, 1.807) is 12.3 Å². The maximum Gasteiger partial charge on any atom is 0.336 e. The van der Waals surface area contributed by atoms with Crippen molar-refractivity contribution >= 4 is 16.9 Å². The number of nitrogens with zero attached hydrogens (tertiary/aromatic N) is 2. The molecular formula is C17H19FN2O3. The van der Waals surface area contributed by atoms with Crippen molar-refractivity contribution < 1.29 is 18.7 Å². The van der Waals surface area contributed by atoms with Crippen LogP contribution in [0.5, 0.6) is 0 Å². The molecule has 122 valence electrons. The first-order valence-electron chi connectivity index (χ1n) is 7.55. The van der Waals surface area contributed by atoms with Crippen LogP contribution in [0.25, 0.3) is 10.9 Å². The van der Waals surface area contributed by atoms with Crippen LogP contribution in [0.2, 0.25) is 0 Å². The molecule has 0 N–H and O–H groups in total. The van der Waals surface area contributed by atoms with Gasteiger partial charge in [-0.1, -0.05) is 6.07 Å². The molecule has 1 aromatic heterocycles. The minimum atomic E-state index is -0.614. The van der Waals surface area contributed by atoms with Gasteiger partial charge in [0, 0.05) is 31.2 Å². The van der Waals surface area contributed by atoms with Gasteiger partial charge in [-0.25, -0.2) is 9.18 Å². The zero-order valence-corrected chi connectivity index (χ0v) is 13.2. The number of hydrogen-bond donors (Lipinski definition) is 0. The highest BCUT2D eigenvalue weighted by Gasteiger charge is 2.31. The third-order valence-corrected chi connectivity index (χ3v) is 3.94. The number of esters is 1. The van der Waals surface area contributed by atoms with Gasteiger partial charge in [0.1, 0.15) is 5.82 Å². The van der Waals surface area contributed by atoms with Gasteiger partial charge in [0.05, 0.1) is 18.7 Å². The minimum absolute atomic E-state index is 0.0966. The van der Waals surface area contributed by atoms with Gasteiger partial charge in [-0.05, 0) is 30.7 Å². The van der Waals surface area contributed by atoms with E-state index in [1.807, 2.05) is 13.0 Å². The van der Waals surface area contributed by atoms with Gasteiger partial charge in [-0.3, -0.25) is 9.88 Å². The van der Waals surface area contributed by atoms with Crippen LogP contribution in [0.3, 0.4) is 0 Å². The summed E-state index contributed by atoms with van der Waals surface area (Å²) < 4.78 is 24.2. The first-order chi connectivity index (χ1) is 11.1. The lowest BCUT2D eigenvalue weighted by atomic mass is 10.1. The van der Waals surface area contributed by atoms with Crippen LogP contribution in [-0.2, 0) is 20.8 Å². The van der Waals surface area contributed by atoms with Gasteiger partial charge in [0.15, 0.2) is 6.10 Å². The number of hydrogen-bond acceptors (Lipinski definition) is 5. The van der Waals surface area contributed by atoms with Crippen LogP contribution >= 0.6 is 0 Å². The lowest BCUT2D eigenvalue weighted by Crippen LogP contribution is -2.49. The second kappa shape index (κ2) is 6.60. The fraction of sp³-hybridized carbons (Fsp3) is 0.412. The van der Waals surface area contributed by atoms with E-state index in [9.17, 15) is 9.18 Å². The standard InChI is InChI=1S/C17H19FN2O3/c1-11-8-20(10-15(23-11)17(21)22-2)9-13-7-14(18)6-12-4-3-5-19-16(12)13/h3-7,11,15H,8-10H2,1-2H3/t11-,15+/m1/s1. The summed E-state index contributed by atoms with van der Waals surface area (Å²) in [6, 6.07) is 6.61. The number of carbonyl (C=O) groups excluding carboxylic acids is 1. The van der Waals surface area contributed by atoms with Gasteiger partial charge in [-0.15, -0.1) is 0 Å². The van der Waals surface area contributed by atoms with Crippen molar-refractivity contribution in [3.05, 3.63) is 41.8 Å². The maximum absolute atomic E-state index is 13.8. The number of halogens is 1. The highest BCUT2D eigenvalue weighted by Crippen LogP contribution is 2.22. The summed E-state index contributed by atoms with van der Waals surface area (Å²) in [5.41, 5.74) is 1.58. The fourth-order valence-electron chi connectivity index (χ4n) is 3.02. The van der Waals surface area contributed by atoms with Crippen LogP contribution in [0.15, 0.2) is 30.5 Å². The number of rotatable bonds is 3. The first kappa shape index (κ1) is 15.8. The van der Waals surface area contributed by atoms with Crippen LogP contribution in [0.4, 0.5) is 4.39 Å². The van der Waals surface area contributed by atoms with Gasteiger partial charge in [0.25, 0.3) is 0 Å². The number of morpholine rings is 1. The Labute approximate surface area is 134 Å². The van der Waals surface area contributed by atoms with Crippen molar-refractivity contribution in [1.82, 2.24) is 9.88 Å². The third kappa shape index (κ3) is 3.48. The Hall–Kier alpha value is -2.05. The Balaban J connectivity index is 1.85. The van der Waals surface area contributed by atoms with Crippen molar-refractivity contribution in [2.45, 2.75) is 25.7 Å². The average molecular weight is 318 g/mol. The molecule has 2 heterocycles. The molecule has 0 saturated carbocycles. The Morgan fingerprint density at radius 2 is 2.30 bits per heavy atom. The molecule has 1 aliphatic heterocycles. The largest absolute Gasteiger partial charge is 0.467 e. The number of fused-ring (bicyclic) bond motifs is 1. The Bertz CT molecular complexity index is 722. The average Bonchev–Trinajstić information content (AvgIpc) is 2.53. The molecule has 0 unspecified atom stereocenters. The predicted molar refractivity (Wildman–Crippen MR) is 83.3 cm³/mol. The highest BCUT2D eigenvalue weighted by molar-refractivity contribution is 5.81. The van der Waals surface area contributed by atoms with Crippen LogP contribution in [0.1, 0.15) is 12.5 Å². The molecule has 1 fully saturated rings. The van der Waals surface area contributed by atoms with E-state index in [2.05, 4.69) is 9.88 Å². The lowest BCUT2D eigenvalue weighted by Gasteiger charge is -2.35. The molecule has 0 radical (unpaired) electrons. The molecule has 0 aliphatic carbocycles. The molecule has 1 saturated heterocycles. The lowest BCUT2D eigenvalue weighted by molar-refractivity contribution is -0.166. The molecule has 0 amide bonds. The van der Waals surface area contributed by atoms with Gasteiger partial charge in [0.2, 0.25) is 0 Å². The van der Waals surface area contributed by atoms with Crippen molar-refractivity contribution in [3.8, 4) is 0 Å². The molecule has 1 aliphatic rings. The third-order valence-electron chi connectivity index (χ3n) is 3.94. The number of pyridine rings is 1. The molecule has 3 rings (SSSR count). The summed E-state index contributed by atoms with van der Waals surface area (Å²) in [6.07, 6.45) is 0.986. The van der Waals surface area contributed by atoms with Gasteiger partial charge in [-0.2, -0.15) is 0 Å². The molecular weight excluding hydrogens is 299 g/mol. The zero-order valence-electron chi connectivity index (χ0n) is 13.2. The van der Waals surface area contributed by atoms with E-state index in [0.29, 0.717) is 19.6 Å². The molecule has 6 heteroatoms. The molecule has 2 atom stereocenters. The normalized spacial score (nSPS) is 22.2. The number of methoxy groups -OCH3 is 1. The van der Waals surface area contributed by atoms with E-state index < -0.39 is 6.10 Å². The Morgan fingerprint density at radius 3 is 3.09 bits per heavy atom. The van der Waals surface area contributed by atoms with Crippen molar-refractivity contribution in [2.24, 2.45) is 0 Å². The van der Waals surface area contributed by atoms with Crippen LogP contribution < -0.4 is 0 Å². The number of carbonyl (C=O) groups is 1. The molecule has 23 heavy (non-hydrogen) atoms. The molecule has 0 spiro atoms. The summed E-state index contributed by atoms with van der Waals surface area (Å²) in [6.45, 7) is 3.50. The number of ether oxygens (including phenoxy) is 2. The summed E-state index contributed by atoms with van der Waals surface area (Å²) in [5, 5.41) is 0.772. The van der Waals surface area contributed by atoms with Crippen molar-refractivity contribution in [2.75, 3.05) is 20.2 Å². The Morgan fingerprint density at radius 1 is 1.48 bits per heavy atom. The second-order valence-electron chi connectivity index (χ2n) is 5.79. The smallest absolute Gasteiger partial charge is 0.336 e. The van der Waals surface area contributed by atoms with E-state index in [4.69, 9.17) is 9.47 Å². The monoisotopic (exact) mass is 318 g/mol. The van der Waals surface area contributed by atoms with Crippen LogP contribution in [-0.4, -0.2) is 48.3 Å². The summed E-state index contributed by atoms with van der Waals surface area (Å²) in [5.74, 6) is -0.671. The molecule has 0 bridgehead atoms. The molecule has 1 aromatic carbocycles. The SMILES string of the molecule is COC(=O)[C@@H]1CN(Cc2cc(F)cc3cccnc23)C[C@@H](C)O1. The summed E-state index contributed by atoms with van der Waals surface area (Å²) in [4.78, 5) is 18.2. The fourth-order valence-corrected chi connectivity index (χ4v) is 3.02. The van der Waals surface area contributed by atoms with Crippen LogP contribution in [0, 0.1) is 5.82 Å². The van der Waals surface area contributed by atoms with Gasteiger partial charge >= 0.3 is 5.97 Å². The molecule has 5 nitrogen and oxygen atoms in total. The maximum atomic E-state index is 13.8. The molecule has 2 aromatic rings. The van der Waals surface area contributed by atoms with Crippen molar-refractivity contribution in [1.29, 1.82) is 0 Å². The minimum Gasteiger partial charge on any atom is -0.467 e. The van der Waals surface area contributed by atoms with E-state index >= 15 is 0 Å². The number of benzene rings is 1. The predicted octanol–water partition coefficient (Wildman–Crippen LogP) is 2.14.